The average molecular weight is 578 g/mol. The molecule has 4 heteroatoms. The van der Waals surface area contributed by atoms with Crippen molar-refractivity contribution >= 4 is 60.7 Å². The van der Waals surface area contributed by atoms with Crippen molar-refractivity contribution in [3.05, 3.63) is 164 Å². The summed E-state index contributed by atoms with van der Waals surface area (Å²) in [4.78, 5) is 7.08. The highest BCUT2D eigenvalue weighted by Crippen LogP contribution is 2.42. The molecule has 0 amide bonds. The van der Waals surface area contributed by atoms with E-state index in [1.807, 2.05) is 24.3 Å². The molecule has 0 spiro atoms. The minimum atomic E-state index is 0.620. The molecule has 0 unspecified atom stereocenters. The minimum Gasteiger partial charge on any atom is -0.436 e. The first kappa shape index (κ1) is 25.4. The van der Waals surface area contributed by atoms with E-state index in [0.717, 1.165) is 39.4 Å². The first-order chi connectivity index (χ1) is 22.3. The van der Waals surface area contributed by atoms with E-state index in [4.69, 9.17) is 9.40 Å². The van der Waals surface area contributed by atoms with Gasteiger partial charge in [-0.3, -0.25) is 0 Å². The van der Waals surface area contributed by atoms with Crippen LogP contribution in [0, 0.1) is 0 Å². The van der Waals surface area contributed by atoms with Crippen LogP contribution in [0.25, 0.3) is 60.8 Å². The lowest BCUT2D eigenvalue weighted by Crippen LogP contribution is -2.10. The molecule has 0 radical (unpaired) electrons. The van der Waals surface area contributed by atoms with Crippen molar-refractivity contribution in [2.24, 2.45) is 0 Å². The molecule has 0 atom stereocenters. The number of aromatic nitrogens is 2. The van der Waals surface area contributed by atoms with Crippen LogP contribution < -0.4 is 4.90 Å². The number of oxazole rings is 1. The fourth-order valence-electron chi connectivity index (χ4n) is 6.53. The molecule has 0 aliphatic rings. The van der Waals surface area contributed by atoms with Crippen LogP contribution in [0.2, 0.25) is 0 Å². The second-order valence-corrected chi connectivity index (χ2v) is 11.3. The highest BCUT2D eigenvalue weighted by atomic mass is 16.3. The van der Waals surface area contributed by atoms with E-state index >= 15 is 0 Å². The van der Waals surface area contributed by atoms with Gasteiger partial charge in [-0.1, -0.05) is 84.9 Å². The third kappa shape index (κ3) is 4.19. The Balaban J connectivity index is 1.24. The molecule has 7 aromatic carbocycles. The maximum absolute atomic E-state index is 6.08. The Labute approximate surface area is 260 Å². The summed E-state index contributed by atoms with van der Waals surface area (Å²) in [5, 5.41) is 4.82. The third-order valence-electron chi connectivity index (χ3n) is 8.60. The molecule has 2 heterocycles. The number of hydrogen-bond acceptors (Lipinski definition) is 3. The molecule has 4 nitrogen and oxygen atoms in total. The normalized spacial score (nSPS) is 11.6. The van der Waals surface area contributed by atoms with E-state index in [9.17, 15) is 0 Å². The Hall–Kier alpha value is -6.13. The Morgan fingerprint density at radius 1 is 0.511 bits per heavy atom. The van der Waals surface area contributed by atoms with Crippen LogP contribution in [0.1, 0.15) is 0 Å². The van der Waals surface area contributed by atoms with Crippen molar-refractivity contribution in [2.75, 3.05) is 4.90 Å². The van der Waals surface area contributed by atoms with Crippen molar-refractivity contribution in [1.82, 2.24) is 9.55 Å². The third-order valence-corrected chi connectivity index (χ3v) is 8.60. The molecular weight excluding hydrogens is 550 g/mol. The molecule has 9 aromatic rings. The molecule has 0 aliphatic carbocycles. The molecule has 0 fully saturated rings. The second-order valence-electron chi connectivity index (χ2n) is 11.3. The first-order valence-electron chi connectivity index (χ1n) is 15.1. The quantitative estimate of drug-likeness (QED) is 0.204. The molecule has 0 bridgehead atoms. The van der Waals surface area contributed by atoms with Gasteiger partial charge in [0.25, 0.3) is 0 Å². The van der Waals surface area contributed by atoms with Crippen molar-refractivity contribution in [1.29, 1.82) is 0 Å². The van der Waals surface area contributed by atoms with Gasteiger partial charge in [-0.15, -0.1) is 0 Å². The van der Waals surface area contributed by atoms with Gasteiger partial charge < -0.3 is 13.9 Å². The monoisotopic (exact) mass is 577 g/mol. The maximum Gasteiger partial charge on any atom is 0.227 e. The lowest BCUT2D eigenvalue weighted by Gasteiger charge is -2.27. The standard InChI is InChI=1S/C41H27N3O/c1-2-13-30(14-3-1)44-38-18-8-6-16-34(38)35-27-32(25-26-39(35)44)43(37-19-10-12-28-11-4-5-15-33(28)37)31-23-21-29(22-24-31)41-42-36-17-7-9-20-40(36)45-41/h1-27H. The van der Waals surface area contributed by atoms with Gasteiger partial charge in [0, 0.05) is 38.8 Å². The zero-order chi connectivity index (χ0) is 29.7. The van der Waals surface area contributed by atoms with E-state index in [2.05, 4.69) is 149 Å². The Morgan fingerprint density at radius 3 is 2.07 bits per heavy atom. The summed E-state index contributed by atoms with van der Waals surface area (Å²) in [5.41, 5.74) is 9.36. The molecule has 0 saturated heterocycles. The molecule has 9 rings (SSSR count). The van der Waals surface area contributed by atoms with Crippen LogP contribution in [-0.4, -0.2) is 9.55 Å². The van der Waals surface area contributed by atoms with E-state index in [-0.39, 0.29) is 0 Å². The number of benzene rings is 7. The number of hydrogen-bond donors (Lipinski definition) is 0. The van der Waals surface area contributed by atoms with Gasteiger partial charge in [0.2, 0.25) is 5.89 Å². The van der Waals surface area contributed by atoms with Gasteiger partial charge in [-0.25, -0.2) is 4.98 Å². The smallest absolute Gasteiger partial charge is 0.227 e. The molecule has 0 N–H and O–H groups in total. The zero-order valence-corrected chi connectivity index (χ0v) is 24.3. The predicted octanol–water partition coefficient (Wildman–Crippen LogP) is 11.2. The first-order valence-corrected chi connectivity index (χ1v) is 15.1. The highest BCUT2D eigenvalue weighted by molar-refractivity contribution is 6.11. The van der Waals surface area contributed by atoms with Crippen molar-refractivity contribution in [3.8, 4) is 17.1 Å². The summed E-state index contributed by atoms with van der Waals surface area (Å²) < 4.78 is 8.44. The topological polar surface area (TPSA) is 34.2 Å². The lowest BCUT2D eigenvalue weighted by atomic mass is 10.1. The van der Waals surface area contributed by atoms with E-state index in [1.54, 1.807) is 0 Å². The molecule has 0 aliphatic heterocycles. The summed E-state index contributed by atoms with van der Waals surface area (Å²) >= 11 is 0. The lowest BCUT2D eigenvalue weighted by molar-refractivity contribution is 0.620. The predicted molar refractivity (Wildman–Crippen MR) is 186 cm³/mol. The maximum atomic E-state index is 6.08. The van der Waals surface area contributed by atoms with Crippen LogP contribution in [0.15, 0.2) is 168 Å². The van der Waals surface area contributed by atoms with Crippen LogP contribution in [-0.2, 0) is 0 Å². The highest BCUT2D eigenvalue weighted by Gasteiger charge is 2.19. The number of nitrogens with zero attached hydrogens (tertiary/aromatic N) is 3. The van der Waals surface area contributed by atoms with E-state index < -0.39 is 0 Å². The van der Waals surface area contributed by atoms with Crippen LogP contribution in [0.4, 0.5) is 17.1 Å². The summed E-state index contributed by atoms with van der Waals surface area (Å²) in [6.07, 6.45) is 0. The molecule has 2 aromatic heterocycles. The molecule has 0 saturated carbocycles. The number of para-hydroxylation sites is 4. The fourth-order valence-corrected chi connectivity index (χ4v) is 6.53. The van der Waals surface area contributed by atoms with Crippen LogP contribution in [0.5, 0.6) is 0 Å². The van der Waals surface area contributed by atoms with Gasteiger partial charge in [0.15, 0.2) is 5.58 Å². The van der Waals surface area contributed by atoms with Gasteiger partial charge in [0.1, 0.15) is 5.52 Å². The van der Waals surface area contributed by atoms with Crippen LogP contribution in [0.3, 0.4) is 0 Å². The number of fused-ring (bicyclic) bond motifs is 5. The number of anilines is 3. The second kappa shape index (κ2) is 10.2. The molecule has 212 valence electrons. The van der Waals surface area contributed by atoms with E-state index in [1.165, 1.54) is 32.6 Å². The fraction of sp³-hybridized carbons (Fsp3) is 0. The van der Waals surface area contributed by atoms with Crippen molar-refractivity contribution in [3.63, 3.8) is 0 Å². The molecule has 45 heavy (non-hydrogen) atoms. The Bertz CT molecular complexity index is 2450. The van der Waals surface area contributed by atoms with Gasteiger partial charge in [0.05, 0.1) is 16.7 Å². The summed E-state index contributed by atoms with van der Waals surface area (Å²) in [6.45, 7) is 0. The van der Waals surface area contributed by atoms with Crippen LogP contribution >= 0.6 is 0 Å². The van der Waals surface area contributed by atoms with Gasteiger partial charge in [-0.05, 0) is 84.2 Å². The minimum absolute atomic E-state index is 0.620. The zero-order valence-electron chi connectivity index (χ0n) is 24.3. The Morgan fingerprint density at radius 2 is 1.20 bits per heavy atom. The average Bonchev–Trinajstić information content (AvgIpc) is 3.69. The largest absolute Gasteiger partial charge is 0.436 e. The molecular formula is C41H27N3O. The summed E-state index contributed by atoms with van der Waals surface area (Å²) in [7, 11) is 0. The summed E-state index contributed by atoms with van der Waals surface area (Å²) in [5.74, 6) is 0.620. The van der Waals surface area contributed by atoms with Gasteiger partial charge >= 0.3 is 0 Å². The van der Waals surface area contributed by atoms with E-state index in [0.29, 0.717) is 5.89 Å². The SMILES string of the molecule is c1ccc(-n2c3ccccc3c3cc(N(c4ccc(-c5nc6ccccc6o5)cc4)c4cccc5ccccc45)ccc32)cc1. The Kier molecular flexibility index (Phi) is 5.78. The number of rotatable bonds is 5. The van der Waals surface area contributed by atoms with Crippen molar-refractivity contribution < 1.29 is 4.42 Å². The van der Waals surface area contributed by atoms with Gasteiger partial charge in [-0.2, -0.15) is 0 Å². The van der Waals surface area contributed by atoms with Crippen molar-refractivity contribution in [2.45, 2.75) is 0 Å². The summed E-state index contributed by atoms with van der Waals surface area (Å²) in [6, 6.07) is 57.5.